The van der Waals surface area contributed by atoms with E-state index < -0.39 is 0 Å². The fourth-order valence-electron chi connectivity index (χ4n) is 2.18. The van der Waals surface area contributed by atoms with Crippen molar-refractivity contribution in [3.63, 3.8) is 0 Å². The molecule has 2 heterocycles. The lowest BCUT2D eigenvalue weighted by Gasteiger charge is -2.02. The van der Waals surface area contributed by atoms with E-state index in [1.807, 2.05) is 18.2 Å². The normalized spacial score (nSPS) is 10.3. The molecule has 5 heteroatoms. The average molecular weight is 277 g/mol. The zero-order valence-electron chi connectivity index (χ0n) is 11.3. The van der Waals surface area contributed by atoms with Gasteiger partial charge < -0.3 is 9.72 Å². The summed E-state index contributed by atoms with van der Waals surface area (Å²) in [7, 11) is 1.58. The number of nitriles is 1. The van der Waals surface area contributed by atoms with E-state index in [2.05, 4.69) is 9.97 Å². The topological polar surface area (TPSA) is 78.8 Å². The van der Waals surface area contributed by atoms with Crippen molar-refractivity contribution >= 4 is 16.7 Å². The summed E-state index contributed by atoms with van der Waals surface area (Å²) in [5.41, 5.74) is 1.82. The third-order valence-corrected chi connectivity index (χ3v) is 3.23. The van der Waals surface area contributed by atoms with Gasteiger partial charge in [-0.1, -0.05) is 6.07 Å². The minimum Gasteiger partial charge on any atom is -0.497 e. The molecule has 102 valence electrons. The number of methoxy groups -OCH3 is 1. The predicted octanol–water partition coefficient (Wildman–Crippen LogP) is 2.67. The molecule has 0 spiro atoms. The van der Waals surface area contributed by atoms with Gasteiger partial charge in [0, 0.05) is 22.7 Å². The van der Waals surface area contributed by atoms with E-state index in [4.69, 9.17) is 10.00 Å². The minimum atomic E-state index is -0.230. The van der Waals surface area contributed by atoms with Crippen LogP contribution in [-0.2, 0) is 0 Å². The van der Waals surface area contributed by atoms with Gasteiger partial charge in [0.2, 0.25) is 5.78 Å². The molecule has 0 aliphatic rings. The van der Waals surface area contributed by atoms with Crippen molar-refractivity contribution in [1.29, 1.82) is 5.26 Å². The fourth-order valence-corrected chi connectivity index (χ4v) is 2.18. The molecule has 21 heavy (non-hydrogen) atoms. The first kappa shape index (κ1) is 12.9. The summed E-state index contributed by atoms with van der Waals surface area (Å²) < 4.78 is 5.18. The van der Waals surface area contributed by atoms with Crippen molar-refractivity contribution in [2.24, 2.45) is 0 Å². The molecule has 0 aliphatic heterocycles. The number of carbonyl (C=O) groups excluding carboxylic acids is 1. The van der Waals surface area contributed by atoms with E-state index in [1.165, 1.54) is 0 Å². The highest BCUT2D eigenvalue weighted by Crippen LogP contribution is 2.25. The fraction of sp³-hybridized carbons (Fsp3) is 0.0625. The molecule has 2 aromatic heterocycles. The molecule has 0 saturated carbocycles. The Hall–Kier alpha value is -3.13. The number of nitrogens with one attached hydrogen (secondary N) is 1. The van der Waals surface area contributed by atoms with E-state index in [1.54, 1.807) is 37.6 Å². The number of H-pyrrole nitrogens is 1. The molecule has 5 nitrogen and oxygen atoms in total. The van der Waals surface area contributed by atoms with Crippen LogP contribution in [0.25, 0.3) is 10.9 Å². The van der Waals surface area contributed by atoms with Crippen LogP contribution >= 0.6 is 0 Å². The number of carbonyl (C=O) groups is 1. The first-order valence-electron chi connectivity index (χ1n) is 6.30. The number of nitrogens with zero attached hydrogens (tertiary/aromatic N) is 2. The zero-order valence-corrected chi connectivity index (χ0v) is 11.3. The van der Waals surface area contributed by atoms with Gasteiger partial charge in [-0.2, -0.15) is 5.26 Å². The number of fused-ring (bicyclic) bond motifs is 1. The van der Waals surface area contributed by atoms with Crippen molar-refractivity contribution in [2.45, 2.75) is 0 Å². The zero-order chi connectivity index (χ0) is 14.8. The smallest absolute Gasteiger partial charge is 0.213 e. The molecular weight excluding hydrogens is 266 g/mol. The maximum atomic E-state index is 12.6. The highest BCUT2D eigenvalue weighted by molar-refractivity contribution is 6.15. The number of hydrogen-bond acceptors (Lipinski definition) is 4. The molecule has 3 rings (SSSR count). The van der Waals surface area contributed by atoms with Crippen LogP contribution in [0.1, 0.15) is 21.7 Å². The molecule has 1 aromatic carbocycles. The molecular formula is C16H11N3O2. The van der Waals surface area contributed by atoms with Gasteiger partial charge in [-0.15, -0.1) is 0 Å². The van der Waals surface area contributed by atoms with Crippen molar-refractivity contribution in [2.75, 3.05) is 7.11 Å². The Kier molecular flexibility index (Phi) is 3.13. The maximum Gasteiger partial charge on any atom is 0.213 e. The summed E-state index contributed by atoms with van der Waals surface area (Å²) in [4.78, 5) is 19.6. The van der Waals surface area contributed by atoms with E-state index in [0.717, 1.165) is 10.9 Å². The van der Waals surface area contributed by atoms with Crippen LogP contribution in [0.4, 0.5) is 0 Å². The Morgan fingerprint density at radius 1 is 1.33 bits per heavy atom. The Morgan fingerprint density at radius 2 is 2.19 bits per heavy atom. The maximum absolute atomic E-state index is 12.6. The van der Waals surface area contributed by atoms with E-state index in [0.29, 0.717) is 11.3 Å². The Labute approximate surface area is 120 Å². The van der Waals surface area contributed by atoms with Crippen LogP contribution in [0.5, 0.6) is 5.75 Å². The summed E-state index contributed by atoms with van der Waals surface area (Å²) in [6, 6.07) is 12.2. The van der Waals surface area contributed by atoms with Gasteiger partial charge in [-0.3, -0.25) is 4.79 Å². The number of benzene rings is 1. The lowest BCUT2D eigenvalue weighted by molar-refractivity contribution is 0.103. The standard InChI is InChI=1S/C16H11N3O2/c1-21-11-5-6-14-12(7-11)13(9-18-14)16(20)15-4-2-3-10(8-17)19-15/h2-7,9,18H,1H3. The second-order valence-corrected chi connectivity index (χ2v) is 4.46. The summed E-state index contributed by atoms with van der Waals surface area (Å²) in [5, 5.41) is 9.64. The van der Waals surface area contributed by atoms with Crippen LogP contribution in [0.15, 0.2) is 42.6 Å². The molecule has 0 saturated heterocycles. The van der Waals surface area contributed by atoms with Crippen molar-refractivity contribution in [3.05, 3.63) is 59.5 Å². The summed E-state index contributed by atoms with van der Waals surface area (Å²) in [5.74, 6) is 0.446. The van der Waals surface area contributed by atoms with Gasteiger partial charge in [0.1, 0.15) is 23.2 Å². The van der Waals surface area contributed by atoms with Crippen molar-refractivity contribution in [3.8, 4) is 11.8 Å². The summed E-state index contributed by atoms with van der Waals surface area (Å²) >= 11 is 0. The molecule has 0 atom stereocenters. The second kappa shape index (κ2) is 5.10. The summed E-state index contributed by atoms with van der Waals surface area (Å²) in [6.45, 7) is 0. The van der Waals surface area contributed by atoms with Gasteiger partial charge in [0.25, 0.3) is 0 Å². The van der Waals surface area contributed by atoms with E-state index in [9.17, 15) is 4.79 Å². The van der Waals surface area contributed by atoms with E-state index >= 15 is 0 Å². The molecule has 0 bridgehead atoms. The highest BCUT2D eigenvalue weighted by Gasteiger charge is 2.16. The Bertz CT molecular complexity index is 875. The lowest BCUT2D eigenvalue weighted by atomic mass is 10.1. The van der Waals surface area contributed by atoms with Crippen LogP contribution < -0.4 is 4.74 Å². The third-order valence-electron chi connectivity index (χ3n) is 3.23. The number of aromatic amines is 1. The second-order valence-electron chi connectivity index (χ2n) is 4.46. The molecule has 0 unspecified atom stereocenters. The Morgan fingerprint density at radius 3 is 2.95 bits per heavy atom. The molecule has 0 amide bonds. The lowest BCUT2D eigenvalue weighted by Crippen LogP contribution is -2.04. The SMILES string of the molecule is COc1ccc2[nH]cc(C(=O)c3cccc(C#N)n3)c2c1. The van der Waals surface area contributed by atoms with Gasteiger partial charge in [-0.25, -0.2) is 4.98 Å². The van der Waals surface area contributed by atoms with Gasteiger partial charge in [-0.05, 0) is 30.3 Å². The molecule has 1 N–H and O–H groups in total. The van der Waals surface area contributed by atoms with E-state index in [-0.39, 0.29) is 17.2 Å². The largest absolute Gasteiger partial charge is 0.497 e. The summed E-state index contributed by atoms with van der Waals surface area (Å²) in [6.07, 6.45) is 1.65. The first-order valence-corrected chi connectivity index (χ1v) is 6.30. The average Bonchev–Trinajstić information content (AvgIpc) is 2.97. The number of ketones is 1. The van der Waals surface area contributed by atoms with Gasteiger partial charge in [0.05, 0.1) is 7.11 Å². The van der Waals surface area contributed by atoms with Crippen molar-refractivity contribution in [1.82, 2.24) is 9.97 Å². The third kappa shape index (κ3) is 2.23. The molecule has 0 aliphatic carbocycles. The van der Waals surface area contributed by atoms with Gasteiger partial charge >= 0.3 is 0 Å². The predicted molar refractivity (Wildman–Crippen MR) is 77.2 cm³/mol. The van der Waals surface area contributed by atoms with Crippen LogP contribution in [0.2, 0.25) is 0 Å². The number of rotatable bonds is 3. The number of pyridine rings is 1. The Balaban J connectivity index is 2.11. The first-order chi connectivity index (χ1) is 10.2. The number of ether oxygens (including phenoxy) is 1. The van der Waals surface area contributed by atoms with Crippen LogP contribution in [0.3, 0.4) is 0 Å². The molecule has 0 fully saturated rings. The number of aromatic nitrogens is 2. The van der Waals surface area contributed by atoms with Gasteiger partial charge in [0.15, 0.2) is 0 Å². The molecule has 3 aromatic rings. The molecule has 0 radical (unpaired) electrons. The van der Waals surface area contributed by atoms with Crippen LogP contribution in [0, 0.1) is 11.3 Å². The quantitative estimate of drug-likeness (QED) is 0.746. The van der Waals surface area contributed by atoms with Crippen molar-refractivity contribution < 1.29 is 9.53 Å². The highest BCUT2D eigenvalue weighted by atomic mass is 16.5. The number of hydrogen-bond donors (Lipinski definition) is 1. The monoisotopic (exact) mass is 277 g/mol. The van der Waals surface area contributed by atoms with Crippen LogP contribution in [-0.4, -0.2) is 22.9 Å². The minimum absolute atomic E-state index is 0.221.